The zero-order valence-corrected chi connectivity index (χ0v) is 17.0. The first-order valence-corrected chi connectivity index (χ1v) is 11.1. The number of rotatable bonds is 4. The van der Waals surface area contributed by atoms with Crippen LogP contribution in [0.2, 0.25) is 10.3 Å². The highest BCUT2D eigenvalue weighted by atomic mass is 35.5. The van der Waals surface area contributed by atoms with E-state index in [1.807, 2.05) is 0 Å². The summed E-state index contributed by atoms with van der Waals surface area (Å²) >= 11 is 16.0. The maximum atomic E-state index is 13.1. The van der Waals surface area contributed by atoms with E-state index in [9.17, 15) is 38.8 Å². The lowest BCUT2D eigenvalue weighted by atomic mass is 10.2. The molecule has 0 atom stereocenters. The average Bonchev–Trinajstić information content (AvgIpc) is 2.85. The van der Waals surface area contributed by atoms with Crippen molar-refractivity contribution >= 4 is 54.5 Å². The van der Waals surface area contributed by atoms with Gasteiger partial charge in [-0.25, -0.2) is 21.8 Å². The Kier molecular flexibility index (Phi) is 5.76. The maximum Gasteiger partial charge on any atom is 0.428 e. The minimum absolute atomic E-state index is 0.233. The second-order valence-electron chi connectivity index (χ2n) is 5.24. The van der Waals surface area contributed by atoms with Gasteiger partial charge in [0.25, 0.3) is 9.84 Å². The fourth-order valence-electron chi connectivity index (χ4n) is 2.00. The van der Waals surface area contributed by atoms with Crippen LogP contribution in [0.5, 0.6) is 0 Å². The monoisotopic (exact) mass is 506 g/mol. The largest absolute Gasteiger partial charge is 0.428 e. The van der Waals surface area contributed by atoms with Crippen molar-refractivity contribution in [2.75, 3.05) is 6.26 Å². The van der Waals surface area contributed by atoms with Gasteiger partial charge in [-0.05, 0) is 35.3 Å². The first kappa shape index (κ1) is 23.1. The summed E-state index contributed by atoms with van der Waals surface area (Å²) in [6.45, 7) is 0. The normalized spacial score (nSPS) is 13.8. The first-order chi connectivity index (χ1) is 12.4. The molecule has 0 unspecified atom stereocenters. The van der Waals surface area contributed by atoms with Crippen LogP contribution in [-0.2, 0) is 25.9 Å². The van der Waals surface area contributed by atoms with Crippen LogP contribution in [0.25, 0.3) is 5.69 Å². The van der Waals surface area contributed by atoms with Crippen LogP contribution in [0.15, 0.2) is 28.3 Å². The van der Waals surface area contributed by atoms with Crippen LogP contribution >= 0.6 is 34.8 Å². The molecule has 0 fully saturated rings. The van der Waals surface area contributed by atoms with Crippen LogP contribution in [-0.4, -0.2) is 37.4 Å². The Labute approximate surface area is 169 Å². The summed E-state index contributed by atoms with van der Waals surface area (Å²) in [5.74, 6) is 0. The molecule has 2 aromatic rings. The number of alkyl halides is 6. The Hall–Kier alpha value is -1.15. The molecule has 1 heterocycles. The molecule has 0 saturated carbocycles. The van der Waals surface area contributed by atoms with Gasteiger partial charge in [0.2, 0.25) is 5.28 Å². The van der Waals surface area contributed by atoms with Gasteiger partial charge in [-0.3, -0.25) is 4.57 Å². The quantitative estimate of drug-likeness (QED) is 0.458. The molecule has 1 aromatic heterocycles. The van der Waals surface area contributed by atoms with E-state index in [0.29, 0.717) is 23.1 Å². The van der Waals surface area contributed by atoms with Gasteiger partial charge >= 0.3 is 10.9 Å². The van der Waals surface area contributed by atoms with Gasteiger partial charge in [0.05, 0.1) is 21.2 Å². The summed E-state index contributed by atoms with van der Waals surface area (Å²) in [4.78, 5) is 2.17. The Morgan fingerprint density at radius 2 is 1.57 bits per heavy atom. The molecule has 0 amide bonds. The average molecular weight is 508 g/mol. The molecule has 1 aromatic carbocycles. The Morgan fingerprint density at radius 3 is 2.00 bits per heavy atom. The Morgan fingerprint density at radius 1 is 1.04 bits per heavy atom. The number of aromatic nitrogens is 2. The van der Waals surface area contributed by atoms with Crippen molar-refractivity contribution in [1.82, 2.24) is 9.55 Å². The van der Waals surface area contributed by atoms with E-state index in [2.05, 4.69) is 16.6 Å². The predicted molar refractivity (Wildman–Crippen MR) is 89.7 cm³/mol. The van der Waals surface area contributed by atoms with Crippen molar-refractivity contribution in [1.29, 1.82) is 0 Å². The van der Waals surface area contributed by atoms with Crippen molar-refractivity contribution in [3.05, 3.63) is 34.2 Å². The lowest BCUT2D eigenvalue weighted by Crippen LogP contribution is -2.22. The Bertz CT molecular complexity index is 1160. The zero-order valence-electron chi connectivity index (χ0n) is 13.1. The van der Waals surface area contributed by atoms with E-state index in [1.165, 1.54) is 0 Å². The fourth-order valence-corrected chi connectivity index (χ4v) is 4.46. The molecule has 0 bridgehead atoms. The standard InChI is InChI=1S/C12H6Cl3F5N2O4S2/c1-27(23,24)7-3-5(11(16,17)18)2-6(13)9(7)22-4-8(21-10(22)14)28(25,26)12(15,19)20/h2-4H,1H3. The van der Waals surface area contributed by atoms with Gasteiger partial charge in [0.15, 0.2) is 14.9 Å². The summed E-state index contributed by atoms with van der Waals surface area (Å²) in [6, 6.07) is 0.587. The van der Waals surface area contributed by atoms with Crippen molar-refractivity contribution in [3.8, 4) is 5.69 Å². The third-order valence-electron chi connectivity index (χ3n) is 3.22. The molecule has 0 aliphatic rings. The smallest absolute Gasteiger partial charge is 0.286 e. The second-order valence-corrected chi connectivity index (χ2v) is 10.6. The molecule has 0 radical (unpaired) electrons. The van der Waals surface area contributed by atoms with Gasteiger partial charge < -0.3 is 0 Å². The van der Waals surface area contributed by atoms with Crippen LogP contribution in [0, 0.1) is 0 Å². The third kappa shape index (κ3) is 4.22. The predicted octanol–water partition coefficient (Wildman–Crippen LogP) is 4.16. The number of benzene rings is 1. The second kappa shape index (κ2) is 6.97. The molecule has 0 saturated heterocycles. The number of imidazole rings is 1. The van der Waals surface area contributed by atoms with Gasteiger partial charge in [0.1, 0.15) is 0 Å². The van der Waals surface area contributed by atoms with E-state index >= 15 is 0 Å². The third-order valence-corrected chi connectivity index (χ3v) is 6.85. The minimum atomic E-state index is -5.54. The van der Waals surface area contributed by atoms with Gasteiger partial charge in [0, 0.05) is 12.5 Å². The Balaban J connectivity index is 2.87. The fraction of sp³-hybridized carbons (Fsp3) is 0.250. The zero-order chi connectivity index (χ0) is 21.9. The topological polar surface area (TPSA) is 86.1 Å². The van der Waals surface area contributed by atoms with Crippen molar-refractivity contribution in [2.45, 2.75) is 20.8 Å². The van der Waals surface area contributed by atoms with Crippen molar-refractivity contribution in [3.63, 3.8) is 0 Å². The number of nitrogens with zero attached hydrogens (tertiary/aromatic N) is 2. The number of hydrogen-bond donors (Lipinski definition) is 0. The summed E-state index contributed by atoms with van der Waals surface area (Å²) in [5.41, 5.74) is -2.13. The van der Waals surface area contributed by atoms with Crippen LogP contribution in [0.1, 0.15) is 5.56 Å². The van der Waals surface area contributed by atoms with Crippen molar-refractivity contribution < 1.29 is 38.8 Å². The van der Waals surface area contributed by atoms with Crippen LogP contribution < -0.4 is 0 Å². The minimum Gasteiger partial charge on any atom is -0.286 e. The first-order valence-electron chi connectivity index (χ1n) is 6.55. The van der Waals surface area contributed by atoms with E-state index in [0.717, 1.165) is 0 Å². The van der Waals surface area contributed by atoms with Crippen molar-refractivity contribution in [2.24, 2.45) is 0 Å². The number of sulfone groups is 2. The molecule has 0 aliphatic carbocycles. The van der Waals surface area contributed by atoms with Crippen LogP contribution in [0.4, 0.5) is 22.0 Å². The summed E-state index contributed by atoms with van der Waals surface area (Å²) < 4.78 is 108. The summed E-state index contributed by atoms with van der Waals surface area (Å²) in [6.07, 6.45) is -4.05. The molecule has 0 spiro atoms. The number of halogens is 8. The molecular formula is C12H6Cl3F5N2O4S2. The highest BCUT2D eigenvalue weighted by molar-refractivity contribution is 7.93. The molecule has 156 valence electrons. The maximum absolute atomic E-state index is 13.1. The van der Waals surface area contributed by atoms with Gasteiger partial charge in [-0.2, -0.15) is 22.0 Å². The lowest BCUT2D eigenvalue weighted by molar-refractivity contribution is -0.137. The molecule has 0 aliphatic heterocycles. The molecule has 16 heteroatoms. The lowest BCUT2D eigenvalue weighted by Gasteiger charge is -2.15. The van der Waals surface area contributed by atoms with E-state index in [4.69, 9.17) is 23.2 Å². The number of hydrogen-bond acceptors (Lipinski definition) is 5. The summed E-state index contributed by atoms with van der Waals surface area (Å²) in [5, 5.41) is -3.03. The van der Waals surface area contributed by atoms with Gasteiger partial charge in [-0.15, -0.1) is 0 Å². The molecule has 6 nitrogen and oxygen atoms in total. The highest BCUT2D eigenvalue weighted by Gasteiger charge is 2.46. The van der Waals surface area contributed by atoms with Crippen LogP contribution in [0.3, 0.4) is 0 Å². The summed E-state index contributed by atoms with van der Waals surface area (Å²) in [7, 11) is -9.91. The van der Waals surface area contributed by atoms with E-state index in [-0.39, 0.29) is 6.07 Å². The molecular weight excluding hydrogens is 502 g/mol. The van der Waals surface area contributed by atoms with E-state index in [1.54, 1.807) is 0 Å². The SMILES string of the molecule is CS(=O)(=O)c1cc(C(F)(F)F)cc(Cl)c1-n1cc(S(=O)(=O)C(F)(F)Cl)nc1Cl. The van der Waals surface area contributed by atoms with E-state index < -0.39 is 62.0 Å². The van der Waals surface area contributed by atoms with Gasteiger partial charge in [-0.1, -0.05) is 11.6 Å². The molecule has 2 rings (SSSR count). The molecule has 28 heavy (non-hydrogen) atoms. The molecule has 0 N–H and O–H groups in total. The highest BCUT2D eigenvalue weighted by Crippen LogP contribution is 2.39.